The second-order valence-corrected chi connectivity index (χ2v) is 3.64. The summed E-state index contributed by atoms with van der Waals surface area (Å²) in [6.07, 6.45) is 4.94. The number of aromatic nitrogens is 2. The highest BCUT2D eigenvalue weighted by Crippen LogP contribution is 2.08. The van der Waals surface area contributed by atoms with Crippen molar-refractivity contribution in [2.75, 3.05) is 13.1 Å². The van der Waals surface area contributed by atoms with Gasteiger partial charge in [0.1, 0.15) is 0 Å². The average Bonchev–Trinajstić information content (AvgIpc) is 2.30. The first-order valence-electron chi connectivity index (χ1n) is 4.71. The van der Waals surface area contributed by atoms with Gasteiger partial charge in [-0.1, -0.05) is 23.8 Å². The molecule has 0 unspecified atom stereocenters. The summed E-state index contributed by atoms with van der Waals surface area (Å²) in [5.74, 6) is -0.0940. The summed E-state index contributed by atoms with van der Waals surface area (Å²) in [5.41, 5.74) is 0.342. The fourth-order valence-corrected chi connectivity index (χ4v) is 1.52. The highest BCUT2D eigenvalue weighted by molar-refractivity contribution is 6.29. The molecule has 1 amide bonds. The number of carbonyl (C=O) groups is 1. The number of rotatable bonds is 1. The first-order chi connectivity index (χ1) is 7.27. The van der Waals surface area contributed by atoms with Gasteiger partial charge in [-0.15, -0.1) is 10.2 Å². The van der Waals surface area contributed by atoms with E-state index in [1.165, 1.54) is 0 Å². The third-order valence-corrected chi connectivity index (χ3v) is 2.40. The molecular weight excluding hydrogens is 214 g/mol. The van der Waals surface area contributed by atoms with Crippen molar-refractivity contribution in [3.8, 4) is 0 Å². The maximum absolute atomic E-state index is 11.9. The standard InChI is InChI=1S/C10H10ClN3O/c11-9-5-4-8(12-13-9)10(15)14-6-2-1-3-7-14/h1-2,4-5H,3,6-7H2. The Morgan fingerprint density at radius 3 is 2.80 bits per heavy atom. The van der Waals surface area contributed by atoms with E-state index in [9.17, 15) is 4.79 Å². The minimum Gasteiger partial charge on any atom is -0.333 e. The normalized spacial score (nSPS) is 15.4. The molecule has 0 radical (unpaired) electrons. The van der Waals surface area contributed by atoms with Crippen molar-refractivity contribution in [3.63, 3.8) is 0 Å². The highest BCUT2D eigenvalue weighted by atomic mass is 35.5. The minimum absolute atomic E-state index is 0.0940. The molecule has 0 aliphatic carbocycles. The lowest BCUT2D eigenvalue weighted by Crippen LogP contribution is -2.34. The van der Waals surface area contributed by atoms with E-state index in [1.54, 1.807) is 17.0 Å². The Bertz CT molecular complexity index is 388. The van der Waals surface area contributed by atoms with Gasteiger partial charge in [0.25, 0.3) is 5.91 Å². The Hall–Kier alpha value is -1.42. The molecule has 1 aliphatic rings. The smallest absolute Gasteiger partial charge is 0.274 e. The number of amides is 1. The van der Waals surface area contributed by atoms with Crippen molar-refractivity contribution in [1.29, 1.82) is 0 Å². The Morgan fingerprint density at radius 2 is 2.20 bits per heavy atom. The van der Waals surface area contributed by atoms with Crippen molar-refractivity contribution < 1.29 is 4.79 Å². The maximum Gasteiger partial charge on any atom is 0.274 e. The first-order valence-corrected chi connectivity index (χ1v) is 5.08. The van der Waals surface area contributed by atoms with Gasteiger partial charge in [0.2, 0.25) is 0 Å². The van der Waals surface area contributed by atoms with Crippen LogP contribution >= 0.6 is 11.6 Å². The van der Waals surface area contributed by atoms with Crippen molar-refractivity contribution in [2.24, 2.45) is 0 Å². The second-order valence-electron chi connectivity index (χ2n) is 3.25. The molecule has 2 heterocycles. The van der Waals surface area contributed by atoms with Crippen LogP contribution in [0.25, 0.3) is 0 Å². The van der Waals surface area contributed by atoms with E-state index in [2.05, 4.69) is 16.3 Å². The van der Waals surface area contributed by atoms with Crippen LogP contribution in [0.5, 0.6) is 0 Å². The summed E-state index contributed by atoms with van der Waals surface area (Å²) >= 11 is 5.59. The van der Waals surface area contributed by atoms with Crippen LogP contribution < -0.4 is 0 Å². The molecule has 0 saturated carbocycles. The van der Waals surface area contributed by atoms with Crippen LogP contribution in [0.2, 0.25) is 5.15 Å². The zero-order valence-electron chi connectivity index (χ0n) is 8.06. The number of hydrogen-bond acceptors (Lipinski definition) is 3. The lowest BCUT2D eigenvalue weighted by molar-refractivity contribution is 0.0764. The van der Waals surface area contributed by atoms with Crippen LogP contribution in [0.4, 0.5) is 0 Å². The lowest BCUT2D eigenvalue weighted by atomic mass is 10.2. The number of carbonyl (C=O) groups excluding carboxylic acids is 1. The number of hydrogen-bond donors (Lipinski definition) is 0. The molecule has 0 N–H and O–H groups in total. The van der Waals surface area contributed by atoms with Gasteiger partial charge >= 0.3 is 0 Å². The molecule has 4 nitrogen and oxygen atoms in total. The molecule has 2 rings (SSSR count). The summed E-state index contributed by atoms with van der Waals surface area (Å²) in [4.78, 5) is 13.6. The van der Waals surface area contributed by atoms with E-state index in [0.717, 1.165) is 13.0 Å². The van der Waals surface area contributed by atoms with Crippen LogP contribution in [0.3, 0.4) is 0 Å². The van der Waals surface area contributed by atoms with Gasteiger partial charge in [-0.05, 0) is 18.6 Å². The summed E-state index contributed by atoms with van der Waals surface area (Å²) < 4.78 is 0. The van der Waals surface area contributed by atoms with Gasteiger partial charge < -0.3 is 4.90 Å². The summed E-state index contributed by atoms with van der Waals surface area (Å²) in [6, 6.07) is 3.16. The van der Waals surface area contributed by atoms with Crippen LogP contribution in [0.15, 0.2) is 24.3 Å². The van der Waals surface area contributed by atoms with Crippen molar-refractivity contribution in [1.82, 2.24) is 15.1 Å². The van der Waals surface area contributed by atoms with Crippen LogP contribution in [0.1, 0.15) is 16.9 Å². The molecule has 0 fully saturated rings. The molecule has 0 atom stereocenters. The van der Waals surface area contributed by atoms with Gasteiger partial charge in [0.05, 0.1) is 0 Å². The largest absolute Gasteiger partial charge is 0.333 e. The van der Waals surface area contributed by atoms with E-state index in [4.69, 9.17) is 11.6 Å². The minimum atomic E-state index is -0.0940. The Balaban J connectivity index is 2.13. The highest BCUT2D eigenvalue weighted by Gasteiger charge is 2.17. The molecule has 1 aliphatic heterocycles. The molecule has 15 heavy (non-hydrogen) atoms. The van der Waals surface area contributed by atoms with Crippen molar-refractivity contribution in [3.05, 3.63) is 35.1 Å². The third kappa shape index (κ3) is 2.33. The van der Waals surface area contributed by atoms with Gasteiger partial charge in [-0.25, -0.2) is 0 Å². The van der Waals surface area contributed by atoms with Gasteiger partial charge in [-0.2, -0.15) is 0 Å². The second kappa shape index (κ2) is 4.40. The number of nitrogens with zero attached hydrogens (tertiary/aromatic N) is 3. The molecule has 1 aromatic heterocycles. The molecule has 0 spiro atoms. The van der Waals surface area contributed by atoms with E-state index < -0.39 is 0 Å². The quantitative estimate of drug-likeness (QED) is 0.679. The topological polar surface area (TPSA) is 46.1 Å². The Labute approximate surface area is 92.6 Å². The molecule has 0 saturated heterocycles. The third-order valence-electron chi connectivity index (χ3n) is 2.20. The fraction of sp³-hybridized carbons (Fsp3) is 0.300. The van der Waals surface area contributed by atoms with E-state index in [-0.39, 0.29) is 5.91 Å². The average molecular weight is 224 g/mol. The van der Waals surface area contributed by atoms with Gasteiger partial charge in [-0.3, -0.25) is 4.79 Å². The first kappa shape index (κ1) is 10.1. The summed E-state index contributed by atoms with van der Waals surface area (Å²) in [7, 11) is 0. The summed E-state index contributed by atoms with van der Waals surface area (Å²) in [5, 5.41) is 7.70. The SMILES string of the molecule is O=C(c1ccc(Cl)nn1)N1CC=CCC1. The zero-order valence-corrected chi connectivity index (χ0v) is 8.81. The molecule has 0 bridgehead atoms. The zero-order chi connectivity index (χ0) is 10.7. The molecule has 78 valence electrons. The van der Waals surface area contributed by atoms with E-state index in [1.807, 2.05) is 6.08 Å². The fourth-order valence-electron chi connectivity index (χ4n) is 1.42. The van der Waals surface area contributed by atoms with Crippen molar-refractivity contribution >= 4 is 17.5 Å². The monoisotopic (exact) mass is 223 g/mol. The van der Waals surface area contributed by atoms with Crippen molar-refractivity contribution in [2.45, 2.75) is 6.42 Å². The Morgan fingerprint density at radius 1 is 1.33 bits per heavy atom. The molecule has 0 aromatic carbocycles. The number of halogens is 1. The van der Waals surface area contributed by atoms with Gasteiger partial charge in [0.15, 0.2) is 10.8 Å². The van der Waals surface area contributed by atoms with Crippen LogP contribution in [0, 0.1) is 0 Å². The van der Waals surface area contributed by atoms with E-state index in [0.29, 0.717) is 17.4 Å². The predicted molar refractivity (Wildman–Crippen MR) is 56.7 cm³/mol. The molecular formula is C10H10ClN3O. The van der Waals surface area contributed by atoms with Gasteiger partial charge in [0, 0.05) is 13.1 Å². The van der Waals surface area contributed by atoms with Crippen LogP contribution in [-0.4, -0.2) is 34.1 Å². The van der Waals surface area contributed by atoms with E-state index >= 15 is 0 Å². The maximum atomic E-state index is 11.9. The lowest BCUT2D eigenvalue weighted by Gasteiger charge is -2.22. The van der Waals surface area contributed by atoms with Crippen LogP contribution in [-0.2, 0) is 0 Å². The Kier molecular flexibility index (Phi) is 2.97. The molecule has 5 heteroatoms. The predicted octanol–water partition coefficient (Wildman–Crippen LogP) is 1.53. The summed E-state index contributed by atoms with van der Waals surface area (Å²) in [6.45, 7) is 1.38. The molecule has 1 aromatic rings.